The van der Waals surface area contributed by atoms with Crippen molar-refractivity contribution in [2.24, 2.45) is 0 Å². The zero-order valence-corrected chi connectivity index (χ0v) is 11.4. The minimum Gasteiger partial charge on any atom is -0.493 e. The molecule has 0 aliphatic heterocycles. The van der Waals surface area contributed by atoms with Crippen molar-refractivity contribution in [3.63, 3.8) is 0 Å². The Morgan fingerprint density at radius 2 is 2.28 bits per heavy atom. The van der Waals surface area contributed by atoms with E-state index in [-0.39, 0.29) is 10.9 Å². The molecule has 2 nitrogen and oxygen atoms in total. The molecule has 0 bridgehead atoms. The second-order valence-corrected chi connectivity index (χ2v) is 4.92. The van der Waals surface area contributed by atoms with Crippen molar-refractivity contribution in [3.05, 3.63) is 35.7 Å². The second kappa shape index (κ2) is 7.93. The van der Waals surface area contributed by atoms with Crippen LogP contribution in [0.25, 0.3) is 6.08 Å². The van der Waals surface area contributed by atoms with Crippen LogP contribution in [0.3, 0.4) is 0 Å². The van der Waals surface area contributed by atoms with Crippen molar-refractivity contribution in [1.29, 1.82) is 0 Å². The Bertz CT molecular complexity index is 430. The number of hydrogen-bond acceptors (Lipinski definition) is 3. The third-order valence-corrected chi connectivity index (χ3v) is 3.01. The SMILES string of the molecule is CCOc1ccc(F)cc1C=CCCSC(C)=O. The van der Waals surface area contributed by atoms with E-state index in [4.69, 9.17) is 4.74 Å². The zero-order valence-electron chi connectivity index (χ0n) is 10.6. The van der Waals surface area contributed by atoms with Gasteiger partial charge in [0.15, 0.2) is 5.12 Å². The van der Waals surface area contributed by atoms with Crippen molar-refractivity contribution in [2.75, 3.05) is 12.4 Å². The van der Waals surface area contributed by atoms with Crippen molar-refractivity contribution in [3.8, 4) is 5.75 Å². The molecule has 0 heterocycles. The first-order valence-electron chi connectivity index (χ1n) is 5.85. The highest BCUT2D eigenvalue weighted by Crippen LogP contribution is 2.21. The molecule has 0 unspecified atom stereocenters. The highest BCUT2D eigenvalue weighted by Gasteiger charge is 2.01. The number of benzene rings is 1. The van der Waals surface area contributed by atoms with Crippen LogP contribution in [0.2, 0.25) is 0 Å². The average Bonchev–Trinajstić information content (AvgIpc) is 2.32. The maximum Gasteiger partial charge on any atom is 0.185 e. The second-order valence-electron chi connectivity index (χ2n) is 3.65. The number of hydrogen-bond donors (Lipinski definition) is 0. The molecular formula is C14H17FO2S. The number of ether oxygens (including phenoxy) is 1. The predicted octanol–water partition coefficient (Wildman–Crippen LogP) is 3.91. The molecule has 1 rings (SSSR count). The molecule has 0 fully saturated rings. The molecule has 98 valence electrons. The minimum atomic E-state index is -0.281. The molecular weight excluding hydrogens is 251 g/mol. The van der Waals surface area contributed by atoms with E-state index in [2.05, 4.69) is 0 Å². The fourth-order valence-corrected chi connectivity index (χ4v) is 1.96. The number of rotatable bonds is 6. The Kier molecular flexibility index (Phi) is 6.50. The molecule has 4 heteroatoms. The Hall–Kier alpha value is -1.29. The van der Waals surface area contributed by atoms with E-state index in [1.807, 2.05) is 19.1 Å². The van der Waals surface area contributed by atoms with Crippen LogP contribution in [0, 0.1) is 5.82 Å². The maximum absolute atomic E-state index is 13.1. The van der Waals surface area contributed by atoms with Gasteiger partial charge in [-0.2, -0.15) is 0 Å². The molecule has 0 saturated heterocycles. The van der Waals surface area contributed by atoms with Gasteiger partial charge in [-0.3, -0.25) is 4.79 Å². The van der Waals surface area contributed by atoms with Crippen molar-refractivity contribution in [2.45, 2.75) is 20.3 Å². The number of halogens is 1. The first kappa shape index (κ1) is 14.8. The summed E-state index contributed by atoms with van der Waals surface area (Å²) in [5.74, 6) is 1.14. The van der Waals surface area contributed by atoms with Gasteiger partial charge in [0.2, 0.25) is 0 Å². The number of carbonyl (C=O) groups excluding carboxylic acids is 1. The van der Waals surface area contributed by atoms with E-state index < -0.39 is 0 Å². The van der Waals surface area contributed by atoms with Crippen LogP contribution in [0.15, 0.2) is 24.3 Å². The van der Waals surface area contributed by atoms with Crippen LogP contribution >= 0.6 is 11.8 Å². The molecule has 0 aromatic heterocycles. The van der Waals surface area contributed by atoms with Crippen molar-refractivity contribution in [1.82, 2.24) is 0 Å². The smallest absolute Gasteiger partial charge is 0.185 e. The Balaban J connectivity index is 2.61. The van der Waals surface area contributed by atoms with Crippen LogP contribution in [0.5, 0.6) is 5.75 Å². The molecule has 0 radical (unpaired) electrons. The van der Waals surface area contributed by atoms with Crippen LogP contribution in [-0.4, -0.2) is 17.5 Å². The number of allylic oxidation sites excluding steroid dienone is 1. The summed E-state index contributed by atoms with van der Waals surface area (Å²) in [5.41, 5.74) is 0.727. The maximum atomic E-state index is 13.1. The van der Waals surface area contributed by atoms with Gasteiger partial charge in [-0.1, -0.05) is 23.9 Å². The summed E-state index contributed by atoms with van der Waals surface area (Å²) in [5, 5.41) is 0.115. The summed E-state index contributed by atoms with van der Waals surface area (Å²) >= 11 is 1.29. The quantitative estimate of drug-likeness (QED) is 0.732. The topological polar surface area (TPSA) is 26.3 Å². The van der Waals surface area contributed by atoms with E-state index >= 15 is 0 Å². The molecule has 0 N–H and O–H groups in total. The Labute approximate surface area is 111 Å². The summed E-state index contributed by atoms with van der Waals surface area (Å²) in [7, 11) is 0. The van der Waals surface area contributed by atoms with Gasteiger partial charge in [-0.15, -0.1) is 0 Å². The van der Waals surface area contributed by atoms with Crippen molar-refractivity contribution >= 4 is 23.0 Å². The summed E-state index contributed by atoms with van der Waals surface area (Å²) in [6.07, 6.45) is 4.52. The van der Waals surface area contributed by atoms with Gasteiger partial charge in [0.1, 0.15) is 11.6 Å². The molecule has 0 aliphatic carbocycles. The van der Waals surface area contributed by atoms with E-state index in [1.165, 1.54) is 23.9 Å². The highest BCUT2D eigenvalue weighted by atomic mass is 32.2. The molecule has 1 aromatic carbocycles. The lowest BCUT2D eigenvalue weighted by atomic mass is 10.1. The summed E-state index contributed by atoms with van der Waals surface area (Å²) in [4.78, 5) is 10.7. The van der Waals surface area contributed by atoms with Crippen LogP contribution in [0.4, 0.5) is 4.39 Å². The Morgan fingerprint density at radius 3 is 2.94 bits per heavy atom. The lowest BCUT2D eigenvalue weighted by Crippen LogP contribution is -1.94. The molecule has 0 amide bonds. The van der Waals surface area contributed by atoms with Crippen LogP contribution in [0.1, 0.15) is 25.8 Å². The van der Waals surface area contributed by atoms with Crippen molar-refractivity contribution < 1.29 is 13.9 Å². The Morgan fingerprint density at radius 1 is 1.50 bits per heavy atom. The summed E-state index contributed by atoms with van der Waals surface area (Å²) < 4.78 is 18.5. The van der Waals surface area contributed by atoms with Gasteiger partial charge in [0.25, 0.3) is 0 Å². The monoisotopic (exact) mass is 268 g/mol. The van der Waals surface area contributed by atoms with Gasteiger partial charge in [-0.25, -0.2) is 4.39 Å². The molecule has 0 atom stereocenters. The molecule has 0 aliphatic rings. The van der Waals surface area contributed by atoms with E-state index in [9.17, 15) is 9.18 Å². The summed E-state index contributed by atoms with van der Waals surface area (Å²) in [6, 6.07) is 4.45. The first-order chi connectivity index (χ1) is 8.63. The standard InChI is InChI=1S/C14H17FO2S/c1-3-17-14-8-7-13(15)10-12(14)6-4-5-9-18-11(2)16/h4,6-8,10H,3,5,9H2,1-2H3. The van der Waals surface area contributed by atoms with Gasteiger partial charge in [-0.05, 0) is 31.5 Å². The van der Waals surface area contributed by atoms with E-state index in [1.54, 1.807) is 13.0 Å². The fraction of sp³-hybridized carbons (Fsp3) is 0.357. The highest BCUT2D eigenvalue weighted by molar-refractivity contribution is 8.13. The average molecular weight is 268 g/mol. The van der Waals surface area contributed by atoms with E-state index in [0.29, 0.717) is 12.4 Å². The number of thioether (sulfide) groups is 1. The van der Waals surface area contributed by atoms with Gasteiger partial charge >= 0.3 is 0 Å². The number of carbonyl (C=O) groups is 1. The normalized spacial score (nSPS) is 10.8. The largest absolute Gasteiger partial charge is 0.493 e. The molecule has 1 aromatic rings. The lowest BCUT2D eigenvalue weighted by molar-refractivity contribution is -0.109. The van der Waals surface area contributed by atoms with E-state index in [0.717, 1.165) is 17.7 Å². The van der Waals surface area contributed by atoms with Gasteiger partial charge < -0.3 is 4.74 Å². The minimum absolute atomic E-state index is 0.115. The van der Waals surface area contributed by atoms with Gasteiger partial charge in [0.05, 0.1) is 6.61 Å². The molecule has 0 saturated carbocycles. The third-order valence-electron chi connectivity index (χ3n) is 2.16. The first-order valence-corrected chi connectivity index (χ1v) is 6.84. The van der Waals surface area contributed by atoms with Crippen LogP contribution in [-0.2, 0) is 4.79 Å². The predicted molar refractivity (Wildman–Crippen MR) is 74.4 cm³/mol. The van der Waals surface area contributed by atoms with Crippen LogP contribution < -0.4 is 4.74 Å². The zero-order chi connectivity index (χ0) is 13.4. The lowest BCUT2D eigenvalue weighted by Gasteiger charge is -2.06. The molecule has 18 heavy (non-hydrogen) atoms. The third kappa shape index (κ3) is 5.36. The molecule has 0 spiro atoms. The summed E-state index contributed by atoms with van der Waals surface area (Å²) in [6.45, 7) is 3.99. The fourth-order valence-electron chi connectivity index (χ4n) is 1.42. The van der Waals surface area contributed by atoms with Gasteiger partial charge in [0, 0.05) is 18.2 Å².